The van der Waals surface area contributed by atoms with Gasteiger partial charge in [-0.2, -0.15) is 5.10 Å². The number of hydrogen-bond donors (Lipinski definition) is 2. The zero-order valence-corrected chi connectivity index (χ0v) is 15.3. The molecule has 0 atom stereocenters. The molecule has 7 nitrogen and oxygen atoms in total. The van der Waals surface area contributed by atoms with Crippen LogP contribution in [0.4, 0.5) is 11.4 Å². The monoisotopic (exact) mass is 384 g/mol. The minimum absolute atomic E-state index is 0.0124. The molecular weight excluding hydrogens is 368 g/mol. The van der Waals surface area contributed by atoms with Gasteiger partial charge in [0.15, 0.2) is 5.78 Å². The van der Waals surface area contributed by atoms with Crippen molar-refractivity contribution in [3.05, 3.63) is 69.7 Å². The number of aliphatic hydroxyl groups excluding tert-OH is 1. The van der Waals surface area contributed by atoms with E-state index in [0.717, 1.165) is 4.68 Å². The number of carbonyl (C=O) groups excluding carboxylic acids is 1. The van der Waals surface area contributed by atoms with Gasteiger partial charge in [-0.3, -0.25) is 14.6 Å². The number of nitrogens with zero attached hydrogens (tertiary/aromatic N) is 3. The predicted molar refractivity (Wildman–Crippen MR) is 104 cm³/mol. The van der Waals surface area contributed by atoms with E-state index in [1.165, 1.54) is 6.92 Å². The van der Waals surface area contributed by atoms with Crippen LogP contribution < -0.4 is 10.9 Å². The van der Waals surface area contributed by atoms with Crippen molar-refractivity contribution in [2.24, 2.45) is 0 Å². The summed E-state index contributed by atoms with van der Waals surface area (Å²) in [6.07, 6.45) is 3.16. The number of aromatic nitrogens is 3. The molecule has 0 unspecified atom stereocenters. The van der Waals surface area contributed by atoms with E-state index in [2.05, 4.69) is 15.4 Å². The second-order valence-electron chi connectivity index (χ2n) is 5.75. The Labute approximate surface area is 160 Å². The predicted octanol–water partition coefficient (Wildman–Crippen LogP) is 2.90. The molecular formula is C19H17ClN4O3. The number of rotatable bonds is 6. The van der Waals surface area contributed by atoms with Crippen molar-refractivity contribution >= 4 is 28.8 Å². The van der Waals surface area contributed by atoms with E-state index in [0.29, 0.717) is 22.0 Å². The van der Waals surface area contributed by atoms with Crippen molar-refractivity contribution in [2.75, 3.05) is 11.9 Å². The minimum Gasteiger partial charge on any atom is -0.394 e. The van der Waals surface area contributed by atoms with Gasteiger partial charge in [-0.1, -0.05) is 23.7 Å². The van der Waals surface area contributed by atoms with Crippen LogP contribution in [-0.4, -0.2) is 32.3 Å². The highest BCUT2D eigenvalue weighted by Gasteiger charge is 2.22. The number of pyridine rings is 1. The molecule has 0 fully saturated rings. The zero-order valence-electron chi connectivity index (χ0n) is 14.5. The Balaban J connectivity index is 2.29. The molecule has 2 heterocycles. The highest BCUT2D eigenvalue weighted by atomic mass is 35.5. The maximum absolute atomic E-state index is 12.9. The molecule has 27 heavy (non-hydrogen) atoms. The van der Waals surface area contributed by atoms with Crippen LogP contribution in [0.5, 0.6) is 0 Å². The van der Waals surface area contributed by atoms with E-state index in [9.17, 15) is 14.7 Å². The van der Waals surface area contributed by atoms with Gasteiger partial charge in [0.05, 0.1) is 29.4 Å². The lowest BCUT2D eigenvalue weighted by molar-refractivity contribution is 0.101. The van der Waals surface area contributed by atoms with Gasteiger partial charge >= 0.3 is 0 Å². The van der Waals surface area contributed by atoms with Crippen LogP contribution in [0, 0.1) is 0 Å². The minimum atomic E-state index is -0.526. The third kappa shape index (κ3) is 3.89. The molecule has 0 saturated carbocycles. The van der Waals surface area contributed by atoms with Gasteiger partial charge in [0.25, 0.3) is 5.56 Å². The number of ketones is 1. The third-order valence-electron chi connectivity index (χ3n) is 3.89. The van der Waals surface area contributed by atoms with E-state index in [1.807, 2.05) is 0 Å². The first kappa shape index (κ1) is 18.8. The fourth-order valence-corrected chi connectivity index (χ4v) is 2.86. The molecule has 3 rings (SSSR count). The molecule has 0 radical (unpaired) electrons. The van der Waals surface area contributed by atoms with Crippen molar-refractivity contribution in [3.63, 3.8) is 0 Å². The zero-order chi connectivity index (χ0) is 19.4. The number of halogens is 1. The third-order valence-corrected chi connectivity index (χ3v) is 4.22. The van der Waals surface area contributed by atoms with Crippen molar-refractivity contribution in [3.8, 4) is 11.3 Å². The molecule has 0 aliphatic heterocycles. The van der Waals surface area contributed by atoms with Gasteiger partial charge in [0.1, 0.15) is 11.4 Å². The normalized spacial score (nSPS) is 10.6. The van der Waals surface area contributed by atoms with Gasteiger partial charge < -0.3 is 10.4 Å². The highest BCUT2D eigenvalue weighted by Crippen LogP contribution is 2.29. The summed E-state index contributed by atoms with van der Waals surface area (Å²) < 4.78 is 1.12. The lowest BCUT2D eigenvalue weighted by atomic mass is 10.0. The lowest BCUT2D eigenvalue weighted by Crippen LogP contribution is -2.29. The number of hydrogen-bond acceptors (Lipinski definition) is 6. The molecule has 8 heteroatoms. The van der Waals surface area contributed by atoms with Crippen LogP contribution >= 0.6 is 11.6 Å². The molecule has 0 aliphatic carbocycles. The van der Waals surface area contributed by atoms with E-state index < -0.39 is 5.56 Å². The number of para-hydroxylation sites is 1. The molecule has 0 saturated heterocycles. The quantitative estimate of drug-likeness (QED) is 0.634. The molecule has 138 valence electrons. The molecule has 0 amide bonds. The number of benzene rings is 1. The Hall–Kier alpha value is -3.03. The van der Waals surface area contributed by atoms with Crippen molar-refractivity contribution in [1.82, 2.24) is 14.8 Å². The second-order valence-corrected chi connectivity index (χ2v) is 6.16. The fraction of sp³-hybridized carbons (Fsp3) is 0.158. The van der Waals surface area contributed by atoms with E-state index >= 15 is 0 Å². The number of carbonyl (C=O) groups is 1. The van der Waals surface area contributed by atoms with Crippen LogP contribution in [0.25, 0.3) is 11.3 Å². The fourth-order valence-electron chi connectivity index (χ4n) is 2.68. The summed E-state index contributed by atoms with van der Waals surface area (Å²) in [5.41, 5.74) is 1.04. The van der Waals surface area contributed by atoms with Gasteiger partial charge in [0.2, 0.25) is 0 Å². The average Bonchev–Trinajstić information content (AvgIpc) is 2.67. The molecule has 3 aromatic rings. The highest BCUT2D eigenvalue weighted by molar-refractivity contribution is 6.33. The summed E-state index contributed by atoms with van der Waals surface area (Å²) in [6.45, 7) is 1.08. The Morgan fingerprint density at radius 1 is 1.26 bits per heavy atom. The van der Waals surface area contributed by atoms with Gasteiger partial charge in [0, 0.05) is 18.0 Å². The Morgan fingerprint density at radius 2 is 2.04 bits per heavy atom. The molecule has 0 spiro atoms. The Bertz CT molecular complexity index is 1030. The smallest absolute Gasteiger partial charge is 0.291 e. The van der Waals surface area contributed by atoms with Crippen LogP contribution in [-0.2, 0) is 6.54 Å². The molecule has 0 aliphatic rings. The number of nitrogens with one attached hydrogen (secondary N) is 1. The van der Waals surface area contributed by atoms with E-state index in [1.54, 1.807) is 48.8 Å². The topological polar surface area (TPSA) is 97.1 Å². The van der Waals surface area contributed by atoms with Gasteiger partial charge in [-0.05, 0) is 31.2 Å². The lowest BCUT2D eigenvalue weighted by Gasteiger charge is -2.16. The maximum Gasteiger partial charge on any atom is 0.291 e. The Kier molecular flexibility index (Phi) is 5.63. The van der Waals surface area contributed by atoms with Crippen LogP contribution in [0.1, 0.15) is 17.3 Å². The maximum atomic E-state index is 12.9. The van der Waals surface area contributed by atoms with Crippen molar-refractivity contribution in [1.29, 1.82) is 0 Å². The Morgan fingerprint density at radius 3 is 2.67 bits per heavy atom. The van der Waals surface area contributed by atoms with E-state index in [-0.39, 0.29) is 30.2 Å². The number of anilines is 2. The standard InChI is InChI=1S/C19H17ClN4O3/c1-12(26)16-17(13-5-4-8-21-11-13)23-24(9-10-25)19(27)18(16)22-15-7-3-2-6-14(15)20/h2-8,11,22,25H,9-10H2,1H3. The first-order chi connectivity index (χ1) is 13.0. The van der Waals surface area contributed by atoms with E-state index in [4.69, 9.17) is 11.6 Å². The second kappa shape index (κ2) is 8.11. The first-order valence-electron chi connectivity index (χ1n) is 8.21. The largest absolute Gasteiger partial charge is 0.394 e. The molecule has 0 bridgehead atoms. The van der Waals surface area contributed by atoms with Crippen LogP contribution in [0.15, 0.2) is 53.6 Å². The first-order valence-corrected chi connectivity index (χ1v) is 8.59. The average molecular weight is 385 g/mol. The summed E-state index contributed by atoms with van der Waals surface area (Å²) in [4.78, 5) is 29.4. The number of aliphatic hydroxyl groups is 1. The summed E-state index contributed by atoms with van der Waals surface area (Å²) in [7, 11) is 0. The van der Waals surface area contributed by atoms with Crippen LogP contribution in [0.3, 0.4) is 0 Å². The van der Waals surface area contributed by atoms with Gasteiger partial charge in [-0.25, -0.2) is 4.68 Å². The SMILES string of the molecule is CC(=O)c1c(-c2cccnc2)nn(CCO)c(=O)c1Nc1ccccc1Cl. The number of Topliss-reactive ketones (excluding diaryl/α,β-unsaturated/α-hetero) is 1. The summed E-state index contributed by atoms with van der Waals surface area (Å²) in [5, 5.41) is 17.0. The summed E-state index contributed by atoms with van der Waals surface area (Å²) in [5.74, 6) is -0.329. The summed E-state index contributed by atoms with van der Waals surface area (Å²) in [6, 6.07) is 10.4. The molecule has 2 aromatic heterocycles. The molecule has 1 aromatic carbocycles. The van der Waals surface area contributed by atoms with Crippen LogP contribution in [0.2, 0.25) is 5.02 Å². The van der Waals surface area contributed by atoms with Gasteiger partial charge in [-0.15, -0.1) is 0 Å². The summed E-state index contributed by atoms with van der Waals surface area (Å²) >= 11 is 6.19. The van der Waals surface area contributed by atoms with Crippen molar-refractivity contribution in [2.45, 2.75) is 13.5 Å². The van der Waals surface area contributed by atoms with Crippen molar-refractivity contribution < 1.29 is 9.90 Å². The molecule has 2 N–H and O–H groups in total.